The van der Waals surface area contributed by atoms with Crippen LogP contribution in [0.2, 0.25) is 0 Å². The summed E-state index contributed by atoms with van der Waals surface area (Å²) in [5.41, 5.74) is 3.92. The molecule has 0 unspecified atom stereocenters. The van der Waals surface area contributed by atoms with Gasteiger partial charge in [-0.05, 0) is 41.5 Å². The number of nitrogens with one attached hydrogen (secondary N) is 1. The lowest BCUT2D eigenvalue weighted by atomic mass is 10.0. The Bertz CT molecular complexity index is 1360. The number of hydrogen-bond donors (Lipinski definition) is 1. The molecule has 0 fully saturated rings. The van der Waals surface area contributed by atoms with Gasteiger partial charge in [0.05, 0.1) is 21.0 Å². The van der Waals surface area contributed by atoms with Crippen molar-refractivity contribution in [3.63, 3.8) is 0 Å². The maximum atomic E-state index is 13.9. The van der Waals surface area contributed by atoms with Crippen LogP contribution in [0, 0.1) is 5.82 Å². The average molecular weight is 471 g/mol. The summed E-state index contributed by atoms with van der Waals surface area (Å²) in [5.74, 6) is -1.01. The Morgan fingerprint density at radius 1 is 0.848 bits per heavy atom. The third-order valence-electron chi connectivity index (χ3n) is 5.17. The van der Waals surface area contributed by atoms with Crippen LogP contribution < -0.4 is 5.32 Å². The zero-order valence-electron chi connectivity index (χ0n) is 17.4. The molecule has 0 aliphatic heterocycles. The molecule has 0 aliphatic rings. The van der Waals surface area contributed by atoms with Gasteiger partial charge in [-0.15, -0.1) is 11.3 Å². The topological polar surface area (TPSA) is 42.0 Å². The monoisotopic (exact) mass is 470 g/mol. The minimum absolute atomic E-state index is 0.0201. The molecular formula is C27H19FN2OS2. The number of carbonyl (C=O) groups is 1. The second-order valence-electron chi connectivity index (χ2n) is 7.42. The molecule has 0 radical (unpaired) electrons. The Morgan fingerprint density at radius 3 is 2.15 bits per heavy atom. The first-order valence-corrected chi connectivity index (χ1v) is 12.1. The Balaban J connectivity index is 1.41. The van der Waals surface area contributed by atoms with Crippen LogP contribution in [0.3, 0.4) is 0 Å². The highest BCUT2D eigenvalue weighted by Gasteiger charge is 2.18. The average Bonchev–Trinajstić information content (AvgIpc) is 3.26. The smallest absolute Gasteiger partial charge is 0.258 e. The van der Waals surface area contributed by atoms with Crippen molar-refractivity contribution in [3.05, 3.63) is 126 Å². The van der Waals surface area contributed by atoms with Crippen LogP contribution in [-0.4, -0.2) is 10.9 Å². The molecule has 162 valence electrons. The van der Waals surface area contributed by atoms with Crippen LogP contribution in [0.4, 0.5) is 10.1 Å². The molecule has 1 aromatic heterocycles. The van der Waals surface area contributed by atoms with E-state index in [9.17, 15) is 9.18 Å². The number of nitrogens with zero attached hydrogens (tertiary/aromatic N) is 1. The highest BCUT2D eigenvalue weighted by molar-refractivity contribution is 8.01. The zero-order valence-corrected chi connectivity index (χ0v) is 19.1. The van der Waals surface area contributed by atoms with Crippen LogP contribution in [0.15, 0.2) is 107 Å². The quantitative estimate of drug-likeness (QED) is 0.260. The van der Waals surface area contributed by atoms with Crippen molar-refractivity contribution in [2.75, 3.05) is 5.32 Å². The Kier molecular flexibility index (Phi) is 6.19. The van der Waals surface area contributed by atoms with Crippen LogP contribution in [0.25, 0.3) is 10.2 Å². The fourth-order valence-corrected chi connectivity index (χ4v) is 5.99. The van der Waals surface area contributed by atoms with E-state index in [1.165, 1.54) is 23.3 Å². The van der Waals surface area contributed by atoms with Gasteiger partial charge in [-0.2, -0.15) is 0 Å². The predicted molar refractivity (Wildman–Crippen MR) is 135 cm³/mol. The first-order chi connectivity index (χ1) is 16.2. The van der Waals surface area contributed by atoms with Crippen molar-refractivity contribution < 1.29 is 9.18 Å². The Hall–Kier alpha value is -3.48. The van der Waals surface area contributed by atoms with E-state index >= 15 is 0 Å². The molecule has 0 aliphatic carbocycles. The van der Waals surface area contributed by atoms with Crippen molar-refractivity contribution >= 4 is 44.9 Å². The zero-order chi connectivity index (χ0) is 22.6. The van der Waals surface area contributed by atoms with E-state index in [-0.39, 0.29) is 10.8 Å². The number of rotatable bonds is 6. The number of thiazole rings is 1. The molecule has 0 saturated carbocycles. The first kappa shape index (κ1) is 21.4. The van der Waals surface area contributed by atoms with Crippen LogP contribution >= 0.6 is 23.1 Å². The molecule has 4 aromatic carbocycles. The SMILES string of the molecule is O=C(Nc1ccc2nc(SC(c3ccccc3)c3ccccc3)sc2c1)c1ccccc1F. The van der Waals surface area contributed by atoms with Crippen LogP contribution in [0.1, 0.15) is 26.7 Å². The van der Waals surface area contributed by atoms with E-state index < -0.39 is 11.7 Å². The number of anilines is 1. The molecule has 0 spiro atoms. The largest absolute Gasteiger partial charge is 0.322 e. The normalized spacial score (nSPS) is 11.1. The maximum absolute atomic E-state index is 13.9. The van der Waals surface area contributed by atoms with Gasteiger partial charge >= 0.3 is 0 Å². The highest BCUT2D eigenvalue weighted by Crippen LogP contribution is 2.43. The molecule has 5 rings (SSSR count). The number of hydrogen-bond acceptors (Lipinski definition) is 4. The molecular weight excluding hydrogens is 451 g/mol. The van der Waals surface area contributed by atoms with Crippen LogP contribution in [0.5, 0.6) is 0 Å². The van der Waals surface area contributed by atoms with E-state index in [1.807, 2.05) is 24.3 Å². The van der Waals surface area contributed by atoms with Gasteiger partial charge in [0.1, 0.15) is 5.82 Å². The number of amides is 1. The third kappa shape index (κ3) is 4.82. The summed E-state index contributed by atoms with van der Waals surface area (Å²) in [4.78, 5) is 17.3. The highest BCUT2D eigenvalue weighted by atomic mass is 32.2. The number of carbonyl (C=O) groups excluding carboxylic acids is 1. The van der Waals surface area contributed by atoms with Gasteiger partial charge in [0, 0.05) is 5.69 Å². The first-order valence-electron chi connectivity index (χ1n) is 10.4. The minimum atomic E-state index is -0.541. The summed E-state index contributed by atoms with van der Waals surface area (Å²) in [6, 6.07) is 32.3. The van der Waals surface area contributed by atoms with Gasteiger partial charge in [-0.25, -0.2) is 9.37 Å². The molecule has 0 atom stereocenters. The minimum Gasteiger partial charge on any atom is -0.322 e. The summed E-state index contributed by atoms with van der Waals surface area (Å²) in [5, 5.41) is 2.90. The van der Waals surface area contributed by atoms with E-state index in [1.54, 1.807) is 41.3 Å². The number of aromatic nitrogens is 1. The second-order valence-corrected chi connectivity index (χ2v) is 9.80. The Labute approximate surface area is 199 Å². The fraction of sp³-hybridized carbons (Fsp3) is 0.0370. The van der Waals surface area contributed by atoms with Gasteiger partial charge in [-0.3, -0.25) is 4.79 Å². The van der Waals surface area contributed by atoms with Crippen molar-refractivity contribution in [2.45, 2.75) is 9.59 Å². The Morgan fingerprint density at radius 2 is 1.48 bits per heavy atom. The van der Waals surface area contributed by atoms with Gasteiger partial charge in [-0.1, -0.05) is 84.6 Å². The third-order valence-corrected chi connectivity index (χ3v) is 7.59. The molecule has 5 aromatic rings. The lowest BCUT2D eigenvalue weighted by molar-refractivity contribution is 0.102. The van der Waals surface area contributed by atoms with E-state index in [0.717, 1.165) is 14.6 Å². The molecule has 3 nitrogen and oxygen atoms in total. The van der Waals surface area contributed by atoms with Gasteiger partial charge in [0.2, 0.25) is 0 Å². The summed E-state index contributed by atoms with van der Waals surface area (Å²) in [7, 11) is 0. The standard InChI is InChI=1S/C27H19FN2OS2/c28-22-14-8-7-13-21(22)26(31)29-20-15-16-23-24(17-20)32-27(30-23)33-25(18-9-3-1-4-10-18)19-11-5-2-6-12-19/h1-17,25H,(H,29,31). The molecule has 6 heteroatoms. The van der Waals surface area contributed by atoms with Crippen molar-refractivity contribution in [1.29, 1.82) is 0 Å². The maximum Gasteiger partial charge on any atom is 0.258 e. The predicted octanol–water partition coefficient (Wildman–Crippen LogP) is 7.57. The van der Waals surface area contributed by atoms with Crippen molar-refractivity contribution in [2.24, 2.45) is 0 Å². The summed E-state index contributed by atoms with van der Waals surface area (Å²) < 4.78 is 15.8. The number of fused-ring (bicyclic) bond motifs is 1. The van der Waals surface area contributed by atoms with Crippen molar-refractivity contribution in [3.8, 4) is 0 Å². The van der Waals surface area contributed by atoms with Gasteiger partial charge < -0.3 is 5.32 Å². The summed E-state index contributed by atoms with van der Waals surface area (Å²) >= 11 is 3.29. The lowest BCUT2D eigenvalue weighted by Crippen LogP contribution is -2.13. The lowest BCUT2D eigenvalue weighted by Gasteiger charge is -2.16. The summed E-state index contributed by atoms with van der Waals surface area (Å²) in [6.07, 6.45) is 0. The molecule has 1 N–H and O–H groups in total. The number of halogens is 1. The van der Waals surface area contributed by atoms with Crippen molar-refractivity contribution in [1.82, 2.24) is 4.98 Å². The molecule has 33 heavy (non-hydrogen) atoms. The molecule has 0 saturated heterocycles. The molecule has 0 bridgehead atoms. The van der Waals surface area contributed by atoms with Crippen LogP contribution in [-0.2, 0) is 0 Å². The van der Waals surface area contributed by atoms with Gasteiger partial charge in [0.25, 0.3) is 5.91 Å². The molecule has 1 heterocycles. The second kappa shape index (κ2) is 9.57. The van der Waals surface area contributed by atoms with E-state index in [4.69, 9.17) is 4.98 Å². The van der Waals surface area contributed by atoms with E-state index in [0.29, 0.717) is 5.69 Å². The van der Waals surface area contributed by atoms with E-state index in [2.05, 4.69) is 53.8 Å². The number of thioether (sulfide) groups is 1. The fourth-order valence-electron chi connectivity index (χ4n) is 3.56. The molecule has 1 amide bonds. The van der Waals surface area contributed by atoms with Gasteiger partial charge in [0.15, 0.2) is 4.34 Å². The number of benzene rings is 4. The summed E-state index contributed by atoms with van der Waals surface area (Å²) in [6.45, 7) is 0.